The molecule has 2 aliphatic heterocycles. The fraction of sp³-hybridized carbons (Fsp3) is 0.435. The maximum Gasteiger partial charge on any atom is 0.153 e. The molecule has 4 heteroatoms. The number of fused-ring (bicyclic) bond motifs is 2. The van der Waals surface area contributed by atoms with Crippen molar-refractivity contribution in [3.63, 3.8) is 0 Å². The average Bonchev–Trinajstić information content (AvgIpc) is 3.48. The van der Waals surface area contributed by atoms with E-state index in [-0.39, 0.29) is 0 Å². The van der Waals surface area contributed by atoms with Gasteiger partial charge in [-0.15, -0.1) is 0 Å². The predicted octanol–water partition coefficient (Wildman–Crippen LogP) is 4.52. The molecule has 1 saturated carbocycles. The Morgan fingerprint density at radius 1 is 0.926 bits per heavy atom. The number of hydrogen-bond acceptors (Lipinski definition) is 4. The molecule has 3 aliphatic rings. The topological polar surface area (TPSA) is 28.1 Å². The maximum atomic E-state index is 6.32. The first-order valence-corrected chi connectivity index (χ1v) is 10.1. The summed E-state index contributed by atoms with van der Waals surface area (Å²) in [6.45, 7) is 9.78. The molecule has 0 aromatic heterocycles. The third-order valence-electron chi connectivity index (χ3n) is 5.82. The van der Waals surface area contributed by atoms with E-state index < -0.39 is 0 Å². The molecular formula is C23H27N3O. The lowest BCUT2D eigenvalue weighted by Crippen LogP contribution is -2.49. The summed E-state index contributed by atoms with van der Waals surface area (Å²) < 4.78 is 6.32. The molecule has 0 radical (unpaired) electrons. The average molecular weight is 361 g/mol. The van der Waals surface area contributed by atoms with Gasteiger partial charge in [-0.05, 0) is 68.0 Å². The minimum Gasteiger partial charge on any atom is -0.454 e. The Morgan fingerprint density at radius 3 is 2.37 bits per heavy atom. The smallest absolute Gasteiger partial charge is 0.153 e. The quantitative estimate of drug-likeness (QED) is 0.787. The molecule has 1 aliphatic carbocycles. The van der Waals surface area contributed by atoms with E-state index in [0.717, 1.165) is 60.7 Å². The van der Waals surface area contributed by atoms with Crippen LogP contribution in [0, 0.1) is 19.8 Å². The summed E-state index contributed by atoms with van der Waals surface area (Å²) >= 11 is 0. The van der Waals surface area contributed by atoms with Crippen molar-refractivity contribution < 1.29 is 4.74 Å². The first-order chi connectivity index (χ1) is 13.2. The van der Waals surface area contributed by atoms with Gasteiger partial charge in [0.15, 0.2) is 5.75 Å². The molecule has 0 N–H and O–H groups in total. The monoisotopic (exact) mass is 361 g/mol. The molecule has 0 amide bonds. The van der Waals surface area contributed by atoms with E-state index in [1.165, 1.54) is 30.5 Å². The molecule has 2 aromatic rings. The largest absolute Gasteiger partial charge is 0.454 e. The Balaban J connectivity index is 1.48. The molecule has 4 nitrogen and oxygen atoms in total. The summed E-state index contributed by atoms with van der Waals surface area (Å²) in [4.78, 5) is 10.1. The van der Waals surface area contributed by atoms with Crippen LogP contribution in [0.5, 0.6) is 11.5 Å². The van der Waals surface area contributed by atoms with Crippen LogP contribution >= 0.6 is 0 Å². The standard InChI is InChI=1S/C23H27N3O/c1-16-3-7-19-21(13-16)27-22-14-17(2)4-8-20(22)24-23(19)26-11-9-25(10-12-26)15-18-5-6-18/h3-4,7-8,13-14,18H,5-6,9-12,15H2,1-2H3. The fourth-order valence-electron chi connectivity index (χ4n) is 4.04. The number of ether oxygens (including phenoxy) is 1. The molecule has 0 spiro atoms. The van der Waals surface area contributed by atoms with E-state index in [2.05, 4.69) is 60.0 Å². The van der Waals surface area contributed by atoms with Gasteiger partial charge in [-0.25, -0.2) is 4.99 Å². The van der Waals surface area contributed by atoms with Crippen LogP contribution in [0.25, 0.3) is 0 Å². The zero-order valence-electron chi connectivity index (χ0n) is 16.2. The number of aliphatic imine (C=N–C) groups is 1. The van der Waals surface area contributed by atoms with Gasteiger partial charge in [0.1, 0.15) is 17.3 Å². The van der Waals surface area contributed by atoms with Crippen LogP contribution in [-0.4, -0.2) is 48.4 Å². The predicted molar refractivity (Wildman–Crippen MR) is 109 cm³/mol. The van der Waals surface area contributed by atoms with E-state index in [1.54, 1.807) is 0 Å². The Kier molecular flexibility index (Phi) is 4.16. The lowest BCUT2D eigenvalue weighted by Gasteiger charge is -2.36. The van der Waals surface area contributed by atoms with Gasteiger partial charge < -0.3 is 9.64 Å². The molecule has 1 saturated heterocycles. The number of rotatable bonds is 2. The first kappa shape index (κ1) is 16.8. The van der Waals surface area contributed by atoms with Gasteiger partial charge in [0.25, 0.3) is 0 Å². The number of benzene rings is 2. The zero-order valence-corrected chi connectivity index (χ0v) is 16.2. The summed E-state index contributed by atoms with van der Waals surface area (Å²) in [7, 11) is 0. The minimum absolute atomic E-state index is 0.851. The molecule has 140 valence electrons. The van der Waals surface area contributed by atoms with Crippen LogP contribution in [0.2, 0.25) is 0 Å². The van der Waals surface area contributed by atoms with Crippen LogP contribution in [0.15, 0.2) is 41.4 Å². The maximum absolute atomic E-state index is 6.32. The summed E-state index contributed by atoms with van der Waals surface area (Å²) in [6, 6.07) is 12.7. The molecule has 5 rings (SSSR count). The number of amidine groups is 1. The summed E-state index contributed by atoms with van der Waals surface area (Å²) in [5, 5.41) is 0. The molecular weight excluding hydrogens is 334 g/mol. The highest BCUT2D eigenvalue weighted by Gasteiger charge is 2.29. The van der Waals surface area contributed by atoms with Crippen LogP contribution in [0.3, 0.4) is 0 Å². The van der Waals surface area contributed by atoms with Crippen LogP contribution < -0.4 is 4.74 Å². The van der Waals surface area contributed by atoms with Crippen molar-refractivity contribution >= 4 is 11.5 Å². The van der Waals surface area contributed by atoms with E-state index in [4.69, 9.17) is 9.73 Å². The van der Waals surface area contributed by atoms with Gasteiger partial charge in [0.05, 0.1) is 5.56 Å². The number of hydrogen-bond donors (Lipinski definition) is 0. The van der Waals surface area contributed by atoms with Gasteiger partial charge in [0, 0.05) is 32.7 Å². The van der Waals surface area contributed by atoms with Gasteiger partial charge in [-0.1, -0.05) is 12.1 Å². The second-order valence-electron chi connectivity index (χ2n) is 8.24. The van der Waals surface area contributed by atoms with E-state index >= 15 is 0 Å². The molecule has 0 bridgehead atoms. The van der Waals surface area contributed by atoms with Crippen molar-refractivity contribution in [3.05, 3.63) is 53.1 Å². The van der Waals surface area contributed by atoms with Crippen molar-refractivity contribution in [2.75, 3.05) is 32.7 Å². The van der Waals surface area contributed by atoms with Gasteiger partial charge >= 0.3 is 0 Å². The normalized spacial score (nSPS) is 19.6. The minimum atomic E-state index is 0.851. The fourth-order valence-corrected chi connectivity index (χ4v) is 4.04. The van der Waals surface area contributed by atoms with Crippen molar-refractivity contribution in [2.24, 2.45) is 10.9 Å². The third kappa shape index (κ3) is 3.46. The molecule has 2 aromatic carbocycles. The molecule has 2 fully saturated rings. The van der Waals surface area contributed by atoms with E-state index in [0.29, 0.717) is 0 Å². The summed E-state index contributed by atoms with van der Waals surface area (Å²) in [5.41, 5.74) is 4.42. The second-order valence-corrected chi connectivity index (χ2v) is 8.24. The zero-order chi connectivity index (χ0) is 18.4. The molecule has 0 unspecified atom stereocenters. The van der Waals surface area contributed by atoms with Crippen molar-refractivity contribution in [3.8, 4) is 11.5 Å². The Hall–Kier alpha value is -2.33. The number of aryl methyl sites for hydroxylation is 2. The molecule has 27 heavy (non-hydrogen) atoms. The highest BCUT2D eigenvalue weighted by molar-refractivity contribution is 6.03. The van der Waals surface area contributed by atoms with Crippen LogP contribution in [0.4, 0.5) is 5.69 Å². The Morgan fingerprint density at radius 2 is 1.63 bits per heavy atom. The SMILES string of the molecule is Cc1ccc2c(c1)Oc1cc(C)ccc1C(N1CCN(CC3CC3)CC1)=N2. The van der Waals surface area contributed by atoms with E-state index in [9.17, 15) is 0 Å². The lowest BCUT2D eigenvalue weighted by molar-refractivity contribution is 0.176. The van der Waals surface area contributed by atoms with Crippen molar-refractivity contribution in [1.82, 2.24) is 9.80 Å². The van der Waals surface area contributed by atoms with Crippen LogP contribution in [0.1, 0.15) is 29.5 Å². The van der Waals surface area contributed by atoms with Crippen molar-refractivity contribution in [2.45, 2.75) is 26.7 Å². The summed E-state index contributed by atoms with van der Waals surface area (Å²) in [5.74, 6) is 3.78. The third-order valence-corrected chi connectivity index (χ3v) is 5.82. The highest BCUT2D eigenvalue weighted by atomic mass is 16.5. The molecule has 2 heterocycles. The van der Waals surface area contributed by atoms with Gasteiger partial charge in [-0.3, -0.25) is 4.90 Å². The van der Waals surface area contributed by atoms with Crippen LogP contribution in [-0.2, 0) is 0 Å². The summed E-state index contributed by atoms with van der Waals surface area (Å²) in [6.07, 6.45) is 2.85. The second kappa shape index (κ2) is 6.68. The van der Waals surface area contributed by atoms with E-state index in [1.807, 2.05) is 0 Å². The van der Waals surface area contributed by atoms with Gasteiger partial charge in [-0.2, -0.15) is 0 Å². The Labute approximate surface area is 161 Å². The van der Waals surface area contributed by atoms with Crippen molar-refractivity contribution in [1.29, 1.82) is 0 Å². The molecule has 0 atom stereocenters. The first-order valence-electron chi connectivity index (χ1n) is 10.1. The van der Waals surface area contributed by atoms with Gasteiger partial charge in [0.2, 0.25) is 0 Å². The Bertz CT molecular complexity index is 892. The lowest BCUT2D eigenvalue weighted by atomic mass is 10.1. The highest BCUT2D eigenvalue weighted by Crippen LogP contribution is 2.39. The number of piperazine rings is 1. The number of nitrogens with zero attached hydrogens (tertiary/aromatic N) is 3.